The fourth-order valence-electron chi connectivity index (χ4n) is 3.53. The minimum absolute atomic E-state index is 0.189. The van der Waals surface area contributed by atoms with Crippen molar-refractivity contribution in [3.63, 3.8) is 0 Å². The van der Waals surface area contributed by atoms with Crippen LogP contribution in [0.1, 0.15) is 41.7 Å². The van der Waals surface area contributed by atoms with Gasteiger partial charge >= 0.3 is 0 Å². The standard InChI is InChI=1S/C19H21N5O2/c25-17(9-12-10-20-15-8-4-3-7-14(12)15)23-16-11-21-24-18(16)19(26)22-13-5-1-2-6-13/h3-4,7-8,10-11,13,20H,1-2,5-6,9H2,(H,21,24)(H,22,26)(H,23,25). The molecule has 2 amide bonds. The Hall–Kier alpha value is -3.09. The van der Waals surface area contributed by atoms with E-state index in [4.69, 9.17) is 0 Å². The van der Waals surface area contributed by atoms with E-state index in [9.17, 15) is 9.59 Å². The summed E-state index contributed by atoms with van der Waals surface area (Å²) in [6.07, 6.45) is 7.87. The van der Waals surface area contributed by atoms with E-state index in [2.05, 4.69) is 25.8 Å². The predicted octanol–water partition coefficient (Wildman–Crippen LogP) is 2.74. The molecular weight excluding hydrogens is 330 g/mol. The second-order valence-corrected chi connectivity index (χ2v) is 6.69. The lowest BCUT2D eigenvalue weighted by atomic mass is 10.1. The number of para-hydroxylation sites is 1. The summed E-state index contributed by atoms with van der Waals surface area (Å²) in [6, 6.07) is 8.04. The van der Waals surface area contributed by atoms with Gasteiger partial charge in [-0.3, -0.25) is 14.7 Å². The highest BCUT2D eigenvalue weighted by molar-refractivity contribution is 6.03. The van der Waals surface area contributed by atoms with E-state index in [1.165, 1.54) is 6.20 Å². The van der Waals surface area contributed by atoms with Gasteiger partial charge in [-0.25, -0.2) is 0 Å². The number of nitrogens with one attached hydrogen (secondary N) is 4. The molecular formula is C19H21N5O2. The van der Waals surface area contributed by atoms with Crippen molar-refractivity contribution in [3.05, 3.63) is 47.9 Å². The highest BCUT2D eigenvalue weighted by atomic mass is 16.2. The smallest absolute Gasteiger partial charge is 0.274 e. The van der Waals surface area contributed by atoms with Gasteiger partial charge in [-0.2, -0.15) is 5.10 Å². The minimum atomic E-state index is -0.249. The quantitative estimate of drug-likeness (QED) is 0.568. The molecule has 0 saturated heterocycles. The molecule has 1 aliphatic rings. The molecule has 1 fully saturated rings. The van der Waals surface area contributed by atoms with E-state index in [0.29, 0.717) is 5.69 Å². The van der Waals surface area contributed by atoms with Crippen LogP contribution in [0, 0.1) is 0 Å². The van der Waals surface area contributed by atoms with Crippen LogP contribution in [-0.2, 0) is 11.2 Å². The van der Waals surface area contributed by atoms with E-state index < -0.39 is 0 Å². The third-order valence-corrected chi connectivity index (χ3v) is 4.85. The first kappa shape index (κ1) is 16.4. The van der Waals surface area contributed by atoms with Crippen LogP contribution >= 0.6 is 0 Å². The minimum Gasteiger partial charge on any atom is -0.361 e. The van der Waals surface area contributed by atoms with Crippen LogP contribution in [0.15, 0.2) is 36.7 Å². The maximum Gasteiger partial charge on any atom is 0.274 e. The molecule has 2 heterocycles. The van der Waals surface area contributed by atoms with Gasteiger partial charge in [-0.1, -0.05) is 31.0 Å². The molecule has 0 aliphatic heterocycles. The number of aromatic amines is 2. The van der Waals surface area contributed by atoms with E-state index in [-0.39, 0.29) is 30.0 Å². The Morgan fingerprint density at radius 2 is 1.96 bits per heavy atom. The number of aromatic nitrogens is 3. The largest absolute Gasteiger partial charge is 0.361 e. The summed E-state index contributed by atoms with van der Waals surface area (Å²) in [4.78, 5) is 28.0. The second kappa shape index (κ2) is 7.03. The summed E-state index contributed by atoms with van der Waals surface area (Å²) in [5.41, 5.74) is 2.54. The average molecular weight is 351 g/mol. The van der Waals surface area contributed by atoms with Gasteiger partial charge in [0.05, 0.1) is 12.1 Å². The molecule has 7 heteroatoms. The fourth-order valence-corrected chi connectivity index (χ4v) is 3.53. The van der Waals surface area contributed by atoms with Gasteiger partial charge in [0.2, 0.25) is 5.91 Å². The number of anilines is 1. The van der Waals surface area contributed by atoms with Crippen molar-refractivity contribution >= 4 is 28.4 Å². The van der Waals surface area contributed by atoms with Gasteiger partial charge in [0, 0.05) is 29.3 Å². The predicted molar refractivity (Wildman–Crippen MR) is 98.9 cm³/mol. The number of amides is 2. The summed E-state index contributed by atoms with van der Waals surface area (Å²) >= 11 is 0. The average Bonchev–Trinajstić information content (AvgIpc) is 3.37. The van der Waals surface area contributed by atoms with Crippen molar-refractivity contribution in [1.29, 1.82) is 0 Å². The van der Waals surface area contributed by atoms with Gasteiger partial charge in [-0.05, 0) is 24.5 Å². The molecule has 3 aromatic rings. The maximum absolute atomic E-state index is 12.4. The van der Waals surface area contributed by atoms with Gasteiger partial charge in [0.25, 0.3) is 5.91 Å². The number of hydrogen-bond acceptors (Lipinski definition) is 3. The Morgan fingerprint density at radius 1 is 1.15 bits per heavy atom. The molecule has 0 unspecified atom stereocenters. The van der Waals surface area contributed by atoms with Gasteiger partial charge in [0.15, 0.2) is 5.69 Å². The van der Waals surface area contributed by atoms with Crippen molar-refractivity contribution in [3.8, 4) is 0 Å². The zero-order valence-corrected chi connectivity index (χ0v) is 14.3. The van der Waals surface area contributed by atoms with Crippen LogP contribution in [0.4, 0.5) is 5.69 Å². The Labute approximate surface area is 150 Å². The van der Waals surface area contributed by atoms with Crippen molar-refractivity contribution in [2.24, 2.45) is 0 Å². The summed E-state index contributed by atoms with van der Waals surface area (Å²) in [7, 11) is 0. The first-order valence-electron chi connectivity index (χ1n) is 8.90. The molecule has 7 nitrogen and oxygen atoms in total. The molecule has 1 aromatic carbocycles. The number of fused-ring (bicyclic) bond motifs is 1. The molecule has 26 heavy (non-hydrogen) atoms. The Morgan fingerprint density at radius 3 is 2.81 bits per heavy atom. The summed E-state index contributed by atoms with van der Waals surface area (Å²) in [6.45, 7) is 0. The number of H-pyrrole nitrogens is 2. The van der Waals surface area contributed by atoms with E-state index in [0.717, 1.165) is 42.1 Å². The van der Waals surface area contributed by atoms with Gasteiger partial charge in [-0.15, -0.1) is 0 Å². The Bertz CT molecular complexity index is 936. The normalized spacial score (nSPS) is 14.6. The number of benzene rings is 1. The molecule has 1 aliphatic carbocycles. The van der Waals surface area contributed by atoms with Crippen molar-refractivity contribution < 1.29 is 9.59 Å². The summed E-state index contributed by atoms with van der Waals surface area (Å²) < 4.78 is 0. The first-order chi connectivity index (χ1) is 12.7. The van der Waals surface area contributed by atoms with Crippen LogP contribution in [-0.4, -0.2) is 33.0 Å². The lowest BCUT2D eigenvalue weighted by Gasteiger charge is -2.11. The molecule has 1 saturated carbocycles. The molecule has 0 radical (unpaired) electrons. The lowest BCUT2D eigenvalue weighted by molar-refractivity contribution is -0.115. The summed E-state index contributed by atoms with van der Waals surface area (Å²) in [5, 5.41) is 13.5. The molecule has 0 bridgehead atoms. The van der Waals surface area contributed by atoms with E-state index in [1.807, 2.05) is 30.5 Å². The topological polar surface area (TPSA) is 103 Å². The molecule has 134 valence electrons. The van der Waals surface area contributed by atoms with E-state index in [1.54, 1.807) is 0 Å². The molecule has 4 N–H and O–H groups in total. The Kier molecular flexibility index (Phi) is 4.43. The number of hydrogen-bond donors (Lipinski definition) is 4. The number of nitrogens with zero attached hydrogens (tertiary/aromatic N) is 1. The first-order valence-corrected chi connectivity index (χ1v) is 8.90. The molecule has 0 atom stereocenters. The maximum atomic E-state index is 12.4. The second-order valence-electron chi connectivity index (χ2n) is 6.69. The van der Waals surface area contributed by atoms with Crippen LogP contribution in [0.25, 0.3) is 10.9 Å². The third kappa shape index (κ3) is 3.33. The molecule has 4 rings (SSSR count). The number of carbonyl (C=O) groups is 2. The fraction of sp³-hybridized carbons (Fsp3) is 0.316. The zero-order valence-electron chi connectivity index (χ0n) is 14.3. The highest BCUT2D eigenvalue weighted by Gasteiger charge is 2.22. The van der Waals surface area contributed by atoms with Crippen LogP contribution < -0.4 is 10.6 Å². The lowest BCUT2D eigenvalue weighted by Crippen LogP contribution is -2.33. The van der Waals surface area contributed by atoms with Crippen LogP contribution in [0.3, 0.4) is 0 Å². The third-order valence-electron chi connectivity index (χ3n) is 4.85. The summed E-state index contributed by atoms with van der Waals surface area (Å²) in [5.74, 6) is -0.438. The molecule has 0 spiro atoms. The zero-order chi connectivity index (χ0) is 17.9. The highest BCUT2D eigenvalue weighted by Crippen LogP contribution is 2.21. The SMILES string of the molecule is O=C(Cc1c[nH]c2ccccc12)Nc1c[nH]nc1C(=O)NC1CCCC1. The van der Waals surface area contributed by atoms with E-state index >= 15 is 0 Å². The Balaban J connectivity index is 1.43. The van der Waals surface area contributed by atoms with Crippen molar-refractivity contribution in [2.45, 2.75) is 38.1 Å². The molecule has 2 aromatic heterocycles. The van der Waals surface area contributed by atoms with Crippen molar-refractivity contribution in [2.75, 3.05) is 5.32 Å². The van der Waals surface area contributed by atoms with Gasteiger partial charge in [0.1, 0.15) is 0 Å². The van der Waals surface area contributed by atoms with Crippen molar-refractivity contribution in [1.82, 2.24) is 20.5 Å². The van der Waals surface area contributed by atoms with Crippen LogP contribution in [0.5, 0.6) is 0 Å². The van der Waals surface area contributed by atoms with Crippen LogP contribution in [0.2, 0.25) is 0 Å². The number of rotatable bonds is 5. The monoisotopic (exact) mass is 351 g/mol. The van der Waals surface area contributed by atoms with Gasteiger partial charge < -0.3 is 15.6 Å². The number of carbonyl (C=O) groups excluding carboxylic acids is 2.